The third kappa shape index (κ3) is 32.8. The molecular formula is C41H79IN8O8. The zero-order valence-electron chi connectivity index (χ0n) is 37.9. The summed E-state index contributed by atoms with van der Waals surface area (Å²) in [7, 11) is 0. The van der Waals surface area contributed by atoms with Gasteiger partial charge in [0.25, 0.3) is 0 Å². The molecule has 58 heavy (non-hydrogen) atoms. The highest BCUT2D eigenvalue weighted by Gasteiger charge is 2.19. The number of rotatable bonds is 24. The minimum atomic E-state index is -0.541. The molecule has 1 rings (SSSR count). The number of aromatic nitrogens is 2. The quantitative estimate of drug-likeness (QED) is 0.0524. The summed E-state index contributed by atoms with van der Waals surface area (Å²) in [6.45, 7) is 30.9. The molecule has 4 amide bonds. The SMILES string of the molecule is CC(C)(C)OC(=O)NCCCN(CCCNC(=O)OC(C)(C)C)CCCn1cc[n+](CCCN(CCCNC(=O)OC(C)(C)C)CCCNC(=O)OC(C)(C)C)c1.[I-]. The number of hydrogen-bond donors (Lipinski definition) is 4. The number of nitrogens with zero attached hydrogens (tertiary/aromatic N) is 4. The molecule has 0 radical (unpaired) electrons. The number of halogens is 1. The van der Waals surface area contributed by atoms with Crippen LogP contribution in [0.15, 0.2) is 18.7 Å². The molecule has 0 fully saturated rings. The molecule has 4 N–H and O–H groups in total. The molecule has 17 heteroatoms. The Hall–Kier alpha value is -3.06. The van der Waals surface area contributed by atoms with Crippen LogP contribution in [-0.2, 0) is 32.0 Å². The van der Waals surface area contributed by atoms with E-state index in [1.54, 1.807) is 0 Å². The molecule has 0 aliphatic rings. The third-order valence-electron chi connectivity index (χ3n) is 7.80. The molecule has 0 spiro atoms. The van der Waals surface area contributed by atoms with Crippen LogP contribution >= 0.6 is 0 Å². The number of carbonyl (C=O) groups is 4. The molecular weight excluding hydrogens is 859 g/mol. The van der Waals surface area contributed by atoms with E-state index in [-0.39, 0.29) is 24.0 Å². The Morgan fingerprint density at radius 1 is 0.500 bits per heavy atom. The Kier molecular flexibility index (Phi) is 26.2. The van der Waals surface area contributed by atoms with Crippen LogP contribution in [-0.4, -0.2) is 127 Å². The summed E-state index contributed by atoms with van der Waals surface area (Å²) in [5, 5.41) is 11.4. The van der Waals surface area contributed by atoms with Crippen molar-refractivity contribution in [3.8, 4) is 0 Å². The van der Waals surface area contributed by atoms with Crippen LogP contribution in [0.1, 0.15) is 122 Å². The van der Waals surface area contributed by atoms with Crippen molar-refractivity contribution in [1.82, 2.24) is 35.6 Å². The molecule has 1 aromatic rings. The first-order valence-electron chi connectivity index (χ1n) is 20.8. The maximum Gasteiger partial charge on any atom is 0.407 e. The lowest BCUT2D eigenvalue weighted by molar-refractivity contribution is -0.696. The number of carbonyl (C=O) groups excluding carboxylic acids is 4. The molecule has 0 bridgehead atoms. The number of hydrogen-bond acceptors (Lipinski definition) is 10. The van der Waals surface area contributed by atoms with Crippen molar-refractivity contribution < 1.29 is 66.7 Å². The monoisotopic (exact) mass is 939 g/mol. The van der Waals surface area contributed by atoms with E-state index in [1.165, 1.54) is 0 Å². The van der Waals surface area contributed by atoms with E-state index in [0.717, 1.165) is 90.9 Å². The fraction of sp³-hybridized carbons (Fsp3) is 0.829. The Bertz CT molecular complexity index is 1150. The van der Waals surface area contributed by atoms with Gasteiger partial charge in [-0.05, 0) is 148 Å². The third-order valence-corrected chi connectivity index (χ3v) is 7.80. The van der Waals surface area contributed by atoms with Gasteiger partial charge in [-0.15, -0.1) is 0 Å². The van der Waals surface area contributed by atoms with Crippen molar-refractivity contribution in [3.63, 3.8) is 0 Å². The highest BCUT2D eigenvalue weighted by molar-refractivity contribution is 5.68. The fourth-order valence-electron chi connectivity index (χ4n) is 5.56. The summed E-state index contributed by atoms with van der Waals surface area (Å²) in [5.41, 5.74) is -2.16. The first-order valence-corrected chi connectivity index (χ1v) is 20.8. The Morgan fingerprint density at radius 3 is 1.10 bits per heavy atom. The average molecular weight is 939 g/mol. The summed E-state index contributed by atoms with van der Waals surface area (Å²) < 4.78 is 25.8. The van der Waals surface area contributed by atoms with Crippen LogP contribution in [0.25, 0.3) is 0 Å². The van der Waals surface area contributed by atoms with Gasteiger partial charge in [-0.2, -0.15) is 0 Å². The average Bonchev–Trinajstić information content (AvgIpc) is 3.48. The van der Waals surface area contributed by atoms with Crippen molar-refractivity contribution in [2.75, 3.05) is 65.4 Å². The standard InChI is InChI=1S/C41H78N8O8.HI/c1-38(2,3)54-34(50)42-19-13-23-46(24-14-20-43-35(51)55-39(4,5)6)27-17-29-48-31-32-49(33-48)30-18-28-47(25-15-21-44-36(52)56-40(7,8)9)26-16-22-45-37(53)57-41(10,11)12;/h31-33H,13-30H2,1-12H3,(H3-,42,43,44,45,50,51,52,53);1H. The van der Waals surface area contributed by atoms with Crippen molar-refractivity contribution in [2.24, 2.45) is 0 Å². The zero-order chi connectivity index (χ0) is 43.1. The highest BCUT2D eigenvalue weighted by Crippen LogP contribution is 2.09. The number of alkyl carbamates (subject to hydrolysis) is 4. The number of ether oxygens (including phenoxy) is 4. The van der Waals surface area contributed by atoms with Gasteiger partial charge in [0.15, 0.2) is 0 Å². The smallest absolute Gasteiger partial charge is 0.407 e. The molecule has 1 aromatic heterocycles. The maximum atomic E-state index is 12.1. The van der Waals surface area contributed by atoms with Gasteiger partial charge in [-0.25, -0.2) is 28.3 Å². The van der Waals surface area contributed by atoms with Crippen LogP contribution in [0.3, 0.4) is 0 Å². The Labute approximate surface area is 366 Å². The largest absolute Gasteiger partial charge is 1.00 e. The second-order valence-corrected chi connectivity index (χ2v) is 18.4. The van der Waals surface area contributed by atoms with Gasteiger partial charge in [0.2, 0.25) is 6.33 Å². The van der Waals surface area contributed by atoms with Crippen molar-refractivity contribution >= 4 is 24.4 Å². The van der Waals surface area contributed by atoms with E-state index in [0.29, 0.717) is 26.2 Å². The second kappa shape index (κ2) is 27.7. The maximum absolute atomic E-state index is 12.1. The predicted molar refractivity (Wildman–Crippen MR) is 222 cm³/mol. The first-order chi connectivity index (χ1) is 26.4. The van der Waals surface area contributed by atoms with Crippen molar-refractivity contribution in [1.29, 1.82) is 0 Å². The molecule has 0 aliphatic carbocycles. The summed E-state index contributed by atoms with van der Waals surface area (Å²) in [5.74, 6) is 0. The van der Waals surface area contributed by atoms with Crippen LogP contribution in [0.4, 0.5) is 19.2 Å². The number of imidazole rings is 1. The summed E-state index contributed by atoms with van der Waals surface area (Å²) in [4.78, 5) is 53.1. The topological polar surface area (TPSA) is 169 Å². The van der Waals surface area contributed by atoms with Gasteiger partial charge in [0.1, 0.15) is 34.8 Å². The molecule has 0 saturated carbocycles. The molecule has 0 saturated heterocycles. The van der Waals surface area contributed by atoms with Gasteiger partial charge >= 0.3 is 24.4 Å². The van der Waals surface area contributed by atoms with E-state index in [2.05, 4.69) is 58.9 Å². The van der Waals surface area contributed by atoms with E-state index < -0.39 is 46.8 Å². The molecule has 0 aromatic carbocycles. The second-order valence-electron chi connectivity index (χ2n) is 18.4. The Balaban J connectivity index is 0.0000325. The number of aryl methyl sites for hydroxylation is 2. The number of nitrogens with one attached hydrogen (secondary N) is 4. The van der Waals surface area contributed by atoms with E-state index in [1.807, 2.05) is 83.1 Å². The summed E-state index contributed by atoms with van der Waals surface area (Å²) >= 11 is 0. The lowest BCUT2D eigenvalue weighted by Crippen LogP contribution is -3.00. The molecule has 0 atom stereocenters. The highest BCUT2D eigenvalue weighted by atomic mass is 127. The number of amides is 4. The molecule has 338 valence electrons. The van der Waals surface area contributed by atoms with Gasteiger partial charge < -0.3 is 74.0 Å². The minimum absolute atomic E-state index is 0. The molecule has 16 nitrogen and oxygen atoms in total. The van der Waals surface area contributed by atoms with Gasteiger partial charge in [0.05, 0.1) is 13.1 Å². The van der Waals surface area contributed by atoms with Gasteiger partial charge in [-0.3, -0.25) is 0 Å². The lowest BCUT2D eigenvalue weighted by atomic mass is 10.2. The normalized spacial score (nSPS) is 12.1. The molecule has 0 unspecified atom stereocenters. The first kappa shape index (κ1) is 54.9. The molecule has 1 heterocycles. The fourth-order valence-corrected chi connectivity index (χ4v) is 5.56. The zero-order valence-corrected chi connectivity index (χ0v) is 40.1. The van der Waals surface area contributed by atoms with Crippen molar-refractivity contribution in [2.45, 2.75) is 157 Å². The van der Waals surface area contributed by atoms with Crippen molar-refractivity contribution in [3.05, 3.63) is 18.7 Å². The van der Waals surface area contributed by atoms with Crippen LogP contribution in [0, 0.1) is 0 Å². The van der Waals surface area contributed by atoms with E-state index in [9.17, 15) is 19.2 Å². The van der Waals surface area contributed by atoms with Crippen LogP contribution < -0.4 is 49.8 Å². The van der Waals surface area contributed by atoms with Crippen LogP contribution in [0.2, 0.25) is 0 Å². The van der Waals surface area contributed by atoms with Gasteiger partial charge in [-0.1, -0.05) is 0 Å². The summed E-state index contributed by atoms with van der Waals surface area (Å²) in [6, 6.07) is 0. The Morgan fingerprint density at radius 2 is 0.793 bits per heavy atom. The lowest BCUT2D eigenvalue weighted by Gasteiger charge is -2.23. The van der Waals surface area contributed by atoms with Crippen LogP contribution in [0.5, 0.6) is 0 Å². The van der Waals surface area contributed by atoms with E-state index >= 15 is 0 Å². The molecule has 0 aliphatic heterocycles. The van der Waals surface area contributed by atoms with E-state index in [4.69, 9.17) is 18.9 Å². The minimum Gasteiger partial charge on any atom is -1.00 e. The summed E-state index contributed by atoms with van der Waals surface area (Å²) in [6.07, 6.45) is 9.68. The predicted octanol–water partition coefficient (Wildman–Crippen LogP) is 2.82. The van der Waals surface area contributed by atoms with Gasteiger partial charge in [0, 0.05) is 39.3 Å².